The van der Waals surface area contributed by atoms with E-state index in [2.05, 4.69) is 0 Å². The van der Waals surface area contributed by atoms with E-state index in [1.54, 1.807) is 17.0 Å². The van der Waals surface area contributed by atoms with E-state index in [1.165, 1.54) is 12.1 Å². The number of alkyl halides is 2. The van der Waals surface area contributed by atoms with E-state index in [0.717, 1.165) is 5.56 Å². The fourth-order valence-electron chi connectivity index (χ4n) is 2.36. The number of nitrogens with zero attached hydrogens (tertiary/aromatic N) is 1. The van der Waals surface area contributed by atoms with Crippen molar-refractivity contribution in [1.29, 1.82) is 0 Å². The number of hydrogen-bond acceptors (Lipinski definition) is 2. The number of likely N-dealkylation sites (tertiary alicyclic amines) is 1. The first kappa shape index (κ1) is 13.4. The zero-order valence-corrected chi connectivity index (χ0v) is 9.90. The van der Waals surface area contributed by atoms with Gasteiger partial charge in [-0.1, -0.05) is 12.1 Å². The van der Waals surface area contributed by atoms with Gasteiger partial charge < -0.3 is 5.11 Å². The molecular weight excluding hydrogens is 243 g/mol. The van der Waals surface area contributed by atoms with Gasteiger partial charge in [-0.2, -0.15) is 0 Å². The zero-order chi connectivity index (χ0) is 13.1. The molecule has 0 radical (unpaired) electrons. The Morgan fingerprint density at radius 1 is 1.22 bits per heavy atom. The van der Waals surface area contributed by atoms with Crippen LogP contribution in [0.4, 0.5) is 13.2 Å². The van der Waals surface area contributed by atoms with Crippen molar-refractivity contribution >= 4 is 0 Å². The van der Waals surface area contributed by atoms with Crippen LogP contribution in [0.2, 0.25) is 0 Å². The maximum atomic E-state index is 12.7. The van der Waals surface area contributed by atoms with Crippen molar-refractivity contribution < 1.29 is 18.3 Å². The molecule has 1 saturated heterocycles. The molecule has 0 spiro atoms. The predicted octanol–water partition coefficient (Wildman–Crippen LogP) is 2.27. The normalized spacial score (nSPS) is 25.6. The number of benzene rings is 1. The second-order valence-electron chi connectivity index (χ2n) is 4.80. The molecule has 1 aliphatic rings. The van der Waals surface area contributed by atoms with Gasteiger partial charge in [0.05, 0.1) is 6.10 Å². The first-order valence-electron chi connectivity index (χ1n) is 5.97. The van der Waals surface area contributed by atoms with Crippen molar-refractivity contribution in [3.63, 3.8) is 0 Å². The predicted molar refractivity (Wildman–Crippen MR) is 61.8 cm³/mol. The molecule has 2 nitrogen and oxygen atoms in total. The van der Waals surface area contributed by atoms with Crippen LogP contribution in [0.5, 0.6) is 0 Å². The molecule has 1 aliphatic heterocycles. The fourth-order valence-corrected chi connectivity index (χ4v) is 2.36. The lowest BCUT2D eigenvalue weighted by Crippen LogP contribution is -2.44. The standard InChI is InChI=1S/C13H16F3NO/c14-11-3-1-9(2-4-11)6-17-7-10(13(15)16)5-12(18)8-17/h1-4,10,12-13,18H,5-8H2. The second-order valence-corrected chi connectivity index (χ2v) is 4.80. The van der Waals surface area contributed by atoms with Gasteiger partial charge in [-0.3, -0.25) is 4.90 Å². The summed E-state index contributed by atoms with van der Waals surface area (Å²) in [4.78, 5) is 1.79. The molecule has 1 fully saturated rings. The number of halogens is 3. The molecule has 1 N–H and O–H groups in total. The van der Waals surface area contributed by atoms with Crippen LogP contribution in [0.15, 0.2) is 24.3 Å². The van der Waals surface area contributed by atoms with Crippen LogP contribution in [-0.4, -0.2) is 35.6 Å². The molecule has 2 unspecified atom stereocenters. The lowest BCUT2D eigenvalue weighted by molar-refractivity contribution is -0.0280. The molecule has 1 heterocycles. The third-order valence-corrected chi connectivity index (χ3v) is 3.21. The van der Waals surface area contributed by atoms with Crippen molar-refractivity contribution in [3.8, 4) is 0 Å². The van der Waals surface area contributed by atoms with E-state index in [4.69, 9.17) is 0 Å². The molecule has 18 heavy (non-hydrogen) atoms. The van der Waals surface area contributed by atoms with Crippen molar-refractivity contribution in [3.05, 3.63) is 35.6 Å². The Kier molecular flexibility index (Phi) is 4.24. The Morgan fingerprint density at radius 3 is 2.50 bits per heavy atom. The highest BCUT2D eigenvalue weighted by atomic mass is 19.3. The van der Waals surface area contributed by atoms with Gasteiger partial charge in [-0.15, -0.1) is 0 Å². The maximum absolute atomic E-state index is 12.7. The Morgan fingerprint density at radius 2 is 1.89 bits per heavy atom. The summed E-state index contributed by atoms with van der Waals surface area (Å²) >= 11 is 0. The van der Waals surface area contributed by atoms with Gasteiger partial charge in [0, 0.05) is 25.6 Å². The summed E-state index contributed by atoms with van der Waals surface area (Å²) in [6, 6.07) is 5.96. The van der Waals surface area contributed by atoms with Gasteiger partial charge in [-0.25, -0.2) is 13.2 Å². The molecule has 1 aromatic rings. The largest absolute Gasteiger partial charge is 0.392 e. The van der Waals surface area contributed by atoms with E-state index in [9.17, 15) is 18.3 Å². The third-order valence-electron chi connectivity index (χ3n) is 3.21. The van der Waals surface area contributed by atoms with Gasteiger partial charge in [-0.05, 0) is 24.1 Å². The molecule has 1 aromatic carbocycles. The Bertz CT molecular complexity index is 382. The molecule has 0 saturated carbocycles. The second kappa shape index (κ2) is 5.71. The minimum Gasteiger partial charge on any atom is -0.392 e. The van der Waals surface area contributed by atoms with Crippen molar-refractivity contribution in [1.82, 2.24) is 4.90 Å². The molecule has 5 heteroatoms. The third kappa shape index (κ3) is 3.46. The highest BCUT2D eigenvalue weighted by Gasteiger charge is 2.31. The van der Waals surface area contributed by atoms with Crippen molar-refractivity contribution in [2.45, 2.75) is 25.5 Å². The van der Waals surface area contributed by atoms with E-state index < -0.39 is 18.4 Å². The minimum absolute atomic E-state index is 0.150. The minimum atomic E-state index is -2.41. The number of β-amino-alcohol motifs (C(OH)–C–C–N with tert-alkyl or cyclic N) is 1. The molecule has 0 aliphatic carbocycles. The summed E-state index contributed by atoms with van der Waals surface area (Å²) in [5.74, 6) is -1.10. The molecule has 0 aromatic heterocycles. The zero-order valence-electron chi connectivity index (χ0n) is 9.90. The lowest BCUT2D eigenvalue weighted by atomic mass is 9.96. The Hall–Kier alpha value is -1.07. The highest BCUT2D eigenvalue weighted by Crippen LogP contribution is 2.24. The number of aliphatic hydroxyl groups is 1. The van der Waals surface area contributed by atoms with E-state index >= 15 is 0 Å². The SMILES string of the molecule is OC1CC(C(F)F)CN(Cc2ccc(F)cc2)C1. The van der Waals surface area contributed by atoms with Crippen LogP contribution in [0.25, 0.3) is 0 Å². The Balaban J connectivity index is 1.98. The molecular formula is C13H16F3NO. The molecule has 0 amide bonds. The topological polar surface area (TPSA) is 23.5 Å². The summed E-state index contributed by atoms with van der Waals surface area (Å²) < 4.78 is 38.1. The smallest absolute Gasteiger partial charge is 0.242 e. The van der Waals surface area contributed by atoms with Crippen molar-refractivity contribution in [2.24, 2.45) is 5.92 Å². The van der Waals surface area contributed by atoms with Crippen LogP contribution in [0.3, 0.4) is 0 Å². The quantitative estimate of drug-likeness (QED) is 0.900. The number of aliphatic hydroxyl groups excluding tert-OH is 1. The molecule has 0 bridgehead atoms. The van der Waals surface area contributed by atoms with Gasteiger partial charge in [0.2, 0.25) is 6.43 Å². The highest BCUT2D eigenvalue weighted by molar-refractivity contribution is 5.16. The van der Waals surface area contributed by atoms with Crippen LogP contribution in [0, 0.1) is 11.7 Å². The average Bonchev–Trinajstić information content (AvgIpc) is 2.31. The molecule has 100 valence electrons. The van der Waals surface area contributed by atoms with E-state index in [0.29, 0.717) is 13.1 Å². The first-order valence-corrected chi connectivity index (χ1v) is 5.97. The summed E-state index contributed by atoms with van der Waals surface area (Å²) in [6.45, 7) is 1.12. The summed E-state index contributed by atoms with van der Waals surface area (Å²) in [5.41, 5.74) is 0.860. The van der Waals surface area contributed by atoms with Crippen molar-refractivity contribution in [2.75, 3.05) is 13.1 Å². The lowest BCUT2D eigenvalue weighted by Gasteiger charge is -2.35. The van der Waals surface area contributed by atoms with E-state index in [1.807, 2.05) is 0 Å². The maximum Gasteiger partial charge on any atom is 0.242 e. The molecule has 2 atom stereocenters. The van der Waals surface area contributed by atoms with E-state index in [-0.39, 0.29) is 18.8 Å². The van der Waals surface area contributed by atoms with Crippen LogP contribution >= 0.6 is 0 Å². The van der Waals surface area contributed by atoms with Crippen LogP contribution in [0.1, 0.15) is 12.0 Å². The van der Waals surface area contributed by atoms with Gasteiger partial charge >= 0.3 is 0 Å². The van der Waals surface area contributed by atoms with Gasteiger partial charge in [0.1, 0.15) is 5.82 Å². The first-order chi connectivity index (χ1) is 8.54. The van der Waals surface area contributed by atoms with Crippen LogP contribution in [-0.2, 0) is 6.54 Å². The summed E-state index contributed by atoms with van der Waals surface area (Å²) in [7, 11) is 0. The van der Waals surface area contributed by atoms with Gasteiger partial charge in [0.15, 0.2) is 0 Å². The monoisotopic (exact) mass is 259 g/mol. The number of rotatable bonds is 3. The molecule has 2 rings (SSSR count). The summed E-state index contributed by atoms with van der Waals surface area (Å²) in [5, 5.41) is 9.59. The summed E-state index contributed by atoms with van der Waals surface area (Å²) in [6.07, 6.45) is -2.97. The Labute approximate surface area is 104 Å². The van der Waals surface area contributed by atoms with Crippen LogP contribution < -0.4 is 0 Å². The fraction of sp³-hybridized carbons (Fsp3) is 0.538. The number of hydrogen-bond donors (Lipinski definition) is 1. The number of piperidine rings is 1. The average molecular weight is 259 g/mol. The van der Waals surface area contributed by atoms with Gasteiger partial charge in [0.25, 0.3) is 0 Å².